The van der Waals surface area contributed by atoms with Gasteiger partial charge in [-0.25, -0.2) is 0 Å². The number of nitrogens with zero attached hydrogens (tertiary/aromatic N) is 1. The van der Waals surface area contributed by atoms with Gasteiger partial charge in [0.15, 0.2) is 0 Å². The molecule has 2 aliphatic rings. The Labute approximate surface area is 110 Å². The molecule has 4 heteroatoms. The molecule has 0 radical (unpaired) electrons. The van der Waals surface area contributed by atoms with Crippen molar-refractivity contribution < 1.29 is 4.79 Å². The van der Waals surface area contributed by atoms with Crippen LogP contribution in [0.1, 0.15) is 46.0 Å². The standard InChI is InChI=1S/C14H27N3O/c1-3-10(2)13(15)14(18)16-11-6-8-17(9-7-11)12-4-5-12/h10-13H,3-9,15H2,1-2H3,(H,16,18)/t10-,13-/m0/s1. The zero-order valence-corrected chi connectivity index (χ0v) is 11.7. The van der Waals surface area contributed by atoms with Crippen LogP contribution in [-0.4, -0.2) is 42.0 Å². The Morgan fingerprint density at radius 1 is 1.33 bits per heavy atom. The molecule has 0 bridgehead atoms. The number of rotatable bonds is 5. The molecule has 0 aromatic rings. The van der Waals surface area contributed by atoms with E-state index in [0.29, 0.717) is 6.04 Å². The maximum absolute atomic E-state index is 12.0. The fourth-order valence-corrected chi connectivity index (χ4v) is 2.66. The second-order valence-corrected chi connectivity index (χ2v) is 5.96. The second-order valence-electron chi connectivity index (χ2n) is 5.96. The van der Waals surface area contributed by atoms with Gasteiger partial charge in [-0.15, -0.1) is 0 Å². The molecule has 18 heavy (non-hydrogen) atoms. The van der Waals surface area contributed by atoms with Crippen molar-refractivity contribution in [1.82, 2.24) is 10.2 Å². The van der Waals surface area contributed by atoms with Gasteiger partial charge in [0.2, 0.25) is 5.91 Å². The zero-order chi connectivity index (χ0) is 13.1. The summed E-state index contributed by atoms with van der Waals surface area (Å²) in [5, 5.41) is 3.12. The van der Waals surface area contributed by atoms with Crippen LogP contribution in [0.4, 0.5) is 0 Å². The van der Waals surface area contributed by atoms with Crippen molar-refractivity contribution in [2.75, 3.05) is 13.1 Å². The summed E-state index contributed by atoms with van der Waals surface area (Å²) in [4.78, 5) is 14.6. The Balaban J connectivity index is 1.71. The maximum atomic E-state index is 12.0. The van der Waals surface area contributed by atoms with Gasteiger partial charge in [-0.1, -0.05) is 20.3 Å². The first-order valence-corrected chi connectivity index (χ1v) is 7.41. The highest BCUT2D eigenvalue weighted by atomic mass is 16.2. The van der Waals surface area contributed by atoms with Gasteiger partial charge in [0.25, 0.3) is 0 Å². The molecule has 1 aliphatic carbocycles. The summed E-state index contributed by atoms with van der Waals surface area (Å²) < 4.78 is 0. The van der Waals surface area contributed by atoms with Gasteiger partial charge in [0, 0.05) is 25.2 Å². The summed E-state index contributed by atoms with van der Waals surface area (Å²) in [7, 11) is 0. The molecule has 3 N–H and O–H groups in total. The maximum Gasteiger partial charge on any atom is 0.237 e. The normalized spacial score (nSPS) is 25.7. The van der Waals surface area contributed by atoms with Crippen molar-refractivity contribution in [3.05, 3.63) is 0 Å². The van der Waals surface area contributed by atoms with Gasteiger partial charge in [-0.2, -0.15) is 0 Å². The lowest BCUT2D eigenvalue weighted by Gasteiger charge is -2.33. The van der Waals surface area contributed by atoms with Crippen LogP contribution in [0.3, 0.4) is 0 Å². The number of nitrogens with two attached hydrogens (primary N) is 1. The molecule has 1 saturated heterocycles. The molecule has 104 valence electrons. The molecule has 1 saturated carbocycles. The molecule has 2 rings (SSSR count). The Kier molecular flexibility index (Phi) is 4.62. The van der Waals surface area contributed by atoms with Gasteiger partial charge in [-0.3, -0.25) is 4.79 Å². The number of carbonyl (C=O) groups excluding carboxylic acids is 1. The van der Waals surface area contributed by atoms with Crippen LogP contribution in [0.5, 0.6) is 0 Å². The number of carbonyl (C=O) groups is 1. The lowest BCUT2D eigenvalue weighted by Crippen LogP contribution is -2.51. The van der Waals surface area contributed by atoms with E-state index in [1.165, 1.54) is 12.8 Å². The lowest BCUT2D eigenvalue weighted by molar-refractivity contribution is -0.124. The van der Waals surface area contributed by atoms with Gasteiger partial charge in [0.05, 0.1) is 6.04 Å². The predicted octanol–water partition coefficient (Wildman–Crippen LogP) is 1.10. The van der Waals surface area contributed by atoms with Gasteiger partial charge in [-0.05, 0) is 31.6 Å². The highest BCUT2D eigenvalue weighted by molar-refractivity contribution is 5.82. The Morgan fingerprint density at radius 2 is 1.94 bits per heavy atom. The first-order chi connectivity index (χ1) is 8.61. The van der Waals surface area contributed by atoms with E-state index in [9.17, 15) is 4.79 Å². The first kappa shape index (κ1) is 13.8. The molecule has 0 spiro atoms. The molecule has 0 unspecified atom stereocenters. The second kappa shape index (κ2) is 6.02. The summed E-state index contributed by atoms with van der Waals surface area (Å²) in [5.74, 6) is 0.297. The summed E-state index contributed by atoms with van der Waals surface area (Å²) in [6, 6.07) is 0.836. The smallest absolute Gasteiger partial charge is 0.237 e. The van der Waals surface area contributed by atoms with Crippen LogP contribution >= 0.6 is 0 Å². The largest absolute Gasteiger partial charge is 0.352 e. The molecule has 2 atom stereocenters. The molecule has 1 amide bonds. The van der Waals surface area contributed by atoms with E-state index < -0.39 is 0 Å². The van der Waals surface area contributed by atoms with Crippen molar-refractivity contribution in [3.63, 3.8) is 0 Å². The molecule has 0 aromatic heterocycles. The summed E-state index contributed by atoms with van der Waals surface area (Å²) in [6.07, 6.45) is 5.85. The van der Waals surface area contributed by atoms with Crippen molar-refractivity contribution in [3.8, 4) is 0 Å². The molecule has 4 nitrogen and oxygen atoms in total. The Bertz CT molecular complexity index is 283. The van der Waals surface area contributed by atoms with E-state index in [1.807, 2.05) is 6.92 Å². The van der Waals surface area contributed by atoms with Crippen LogP contribution in [-0.2, 0) is 4.79 Å². The van der Waals surface area contributed by atoms with Crippen molar-refractivity contribution in [2.24, 2.45) is 11.7 Å². The van der Waals surface area contributed by atoms with Crippen LogP contribution in [0.15, 0.2) is 0 Å². The minimum absolute atomic E-state index is 0.0363. The fourth-order valence-electron chi connectivity index (χ4n) is 2.66. The quantitative estimate of drug-likeness (QED) is 0.771. The first-order valence-electron chi connectivity index (χ1n) is 7.41. The molecule has 0 aromatic carbocycles. The molecular weight excluding hydrogens is 226 g/mol. The summed E-state index contributed by atoms with van der Waals surface area (Å²) in [6.45, 7) is 6.38. The fraction of sp³-hybridized carbons (Fsp3) is 0.929. The number of hydrogen-bond acceptors (Lipinski definition) is 3. The number of piperidine rings is 1. The molecule has 1 heterocycles. The Hall–Kier alpha value is -0.610. The zero-order valence-electron chi connectivity index (χ0n) is 11.7. The third-order valence-corrected chi connectivity index (χ3v) is 4.50. The lowest BCUT2D eigenvalue weighted by atomic mass is 9.98. The van der Waals surface area contributed by atoms with E-state index >= 15 is 0 Å². The van der Waals surface area contributed by atoms with Gasteiger partial charge < -0.3 is 16.0 Å². The highest BCUT2D eigenvalue weighted by Crippen LogP contribution is 2.29. The van der Waals surface area contributed by atoms with Crippen molar-refractivity contribution in [2.45, 2.75) is 64.1 Å². The van der Waals surface area contributed by atoms with E-state index in [0.717, 1.165) is 38.4 Å². The van der Waals surface area contributed by atoms with E-state index in [2.05, 4.69) is 17.1 Å². The monoisotopic (exact) mass is 253 g/mol. The van der Waals surface area contributed by atoms with Crippen LogP contribution < -0.4 is 11.1 Å². The van der Waals surface area contributed by atoms with E-state index in [1.54, 1.807) is 0 Å². The highest BCUT2D eigenvalue weighted by Gasteiger charge is 2.32. The number of hydrogen-bond donors (Lipinski definition) is 2. The topological polar surface area (TPSA) is 58.4 Å². The number of nitrogens with one attached hydrogen (secondary N) is 1. The predicted molar refractivity (Wildman–Crippen MR) is 73.2 cm³/mol. The Morgan fingerprint density at radius 3 is 2.44 bits per heavy atom. The summed E-state index contributed by atoms with van der Waals surface area (Å²) >= 11 is 0. The van der Waals surface area contributed by atoms with Crippen molar-refractivity contribution >= 4 is 5.91 Å². The molecule has 2 fully saturated rings. The van der Waals surface area contributed by atoms with Gasteiger partial charge >= 0.3 is 0 Å². The van der Waals surface area contributed by atoms with Gasteiger partial charge in [0.1, 0.15) is 0 Å². The summed E-state index contributed by atoms with van der Waals surface area (Å²) in [5.41, 5.74) is 5.95. The van der Waals surface area contributed by atoms with E-state index in [4.69, 9.17) is 5.73 Å². The minimum atomic E-state index is -0.350. The number of likely N-dealkylation sites (tertiary alicyclic amines) is 1. The van der Waals surface area contributed by atoms with E-state index in [-0.39, 0.29) is 17.9 Å². The van der Waals surface area contributed by atoms with Crippen LogP contribution in [0.2, 0.25) is 0 Å². The average molecular weight is 253 g/mol. The van der Waals surface area contributed by atoms with Crippen molar-refractivity contribution in [1.29, 1.82) is 0 Å². The molecular formula is C14H27N3O. The average Bonchev–Trinajstić information content (AvgIpc) is 3.22. The van der Waals surface area contributed by atoms with Crippen LogP contribution in [0, 0.1) is 5.92 Å². The van der Waals surface area contributed by atoms with Crippen LogP contribution in [0.25, 0.3) is 0 Å². The third-order valence-electron chi connectivity index (χ3n) is 4.50. The molecule has 1 aliphatic heterocycles. The third kappa shape index (κ3) is 3.45. The minimum Gasteiger partial charge on any atom is -0.352 e. The number of amides is 1. The SMILES string of the molecule is CC[C@H](C)[C@H](N)C(=O)NC1CCN(C2CC2)CC1.